The fraction of sp³-hybridized carbons (Fsp3) is 0.600. The van der Waals surface area contributed by atoms with E-state index in [1.165, 1.54) is 15.4 Å². The van der Waals surface area contributed by atoms with E-state index in [1.807, 2.05) is 23.5 Å². The lowest BCUT2D eigenvalue weighted by molar-refractivity contribution is -0.147. The van der Waals surface area contributed by atoms with Crippen LogP contribution in [0.4, 0.5) is 0 Å². The summed E-state index contributed by atoms with van der Waals surface area (Å²) in [6.07, 6.45) is 5.40. The van der Waals surface area contributed by atoms with Gasteiger partial charge in [-0.1, -0.05) is 23.7 Å². The molecule has 0 spiro atoms. The molecule has 188 valence electrons. The number of aliphatic carboxylic acids is 1. The summed E-state index contributed by atoms with van der Waals surface area (Å²) >= 11 is 7.93. The molecule has 1 aliphatic carbocycles. The van der Waals surface area contributed by atoms with Crippen molar-refractivity contribution in [1.29, 1.82) is 0 Å². The van der Waals surface area contributed by atoms with E-state index >= 15 is 0 Å². The van der Waals surface area contributed by atoms with Crippen LogP contribution in [0.15, 0.2) is 24.3 Å². The third-order valence-electron chi connectivity index (χ3n) is 6.88. The van der Waals surface area contributed by atoms with Crippen LogP contribution in [0.5, 0.6) is 0 Å². The van der Waals surface area contributed by atoms with Crippen molar-refractivity contribution < 1.29 is 19.4 Å². The zero-order valence-electron chi connectivity index (χ0n) is 19.7. The minimum atomic E-state index is -0.950. The Morgan fingerprint density at radius 3 is 2.56 bits per heavy atom. The molecule has 2 heterocycles. The second-order valence-electron chi connectivity index (χ2n) is 9.24. The molecule has 4 rings (SSSR count). The van der Waals surface area contributed by atoms with E-state index in [1.54, 1.807) is 0 Å². The molecule has 6 nitrogen and oxygen atoms in total. The largest absolute Gasteiger partial charge is 0.480 e. The molecule has 2 fully saturated rings. The number of carboxylic acids is 1. The van der Waals surface area contributed by atoms with E-state index in [4.69, 9.17) is 31.2 Å². The van der Waals surface area contributed by atoms with Gasteiger partial charge >= 0.3 is 5.97 Å². The van der Waals surface area contributed by atoms with E-state index in [2.05, 4.69) is 30.9 Å². The summed E-state index contributed by atoms with van der Waals surface area (Å²) in [5.74, 6) is -0.390. The van der Waals surface area contributed by atoms with Gasteiger partial charge in [-0.2, -0.15) is 0 Å². The number of hydrogen-bond acceptors (Lipinski definition) is 6. The van der Waals surface area contributed by atoms with Gasteiger partial charge in [-0.25, -0.2) is 9.78 Å². The van der Waals surface area contributed by atoms with Gasteiger partial charge in [0.25, 0.3) is 0 Å². The third kappa shape index (κ3) is 7.15. The second-order valence-corrected chi connectivity index (χ2v) is 10.9. The first-order chi connectivity index (χ1) is 15.9. The minimum absolute atomic E-state index is 0. The zero-order chi connectivity index (χ0) is 23.4. The predicted molar refractivity (Wildman–Crippen MR) is 138 cm³/mol. The maximum Gasteiger partial charge on any atom is 0.329 e. The molecule has 2 aromatic rings. The van der Waals surface area contributed by atoms with Gasteiger partial charge in [0.2, 0.25) is 0 Å². The lowest BCUT2D eigenvalue weighted by Gasteiger charge is -2.46. The van der Waals surface area contributed by atoms with Gasteiger partial charge in [-0.3, -0.25) is 4.90 Å². The topological polar surface area (TPSA) is 71.9 Å². The van der Waals surface area contributed by atoms with Crippen LogP contribution in [0.3, 0.4) is 0 Å². The normalized spacial score (nSPS) is 25.6. The number of thiazole rings is 1. The van der Waals surface area contributed by atoms with Gasteiger partial charge in [0.15, 0.2) is 0 Å². The summed E-state index contributed by atoms with van der Waals surface area (Å²) < 4.78 is 11.5. The van der Waals surface area contributed by atoms with Crippen molar-refractivity contribution in [2.24, 2.45) is 0 Å². The number of carboxylic acid groups (broad SMARTS) is 1. The predicted octanol–water partition coefficient (Wildman–Crippen LogP) is 5.27. The van der Waals surface area contributed by atoms with Crippen molar-refractivity contribution in [3.8, 4) is 0 Å². The van der Waals surface area contributed by atoms with E-state index in [0.717, 1.165) is 49.4 Å². The summed E-state index contributed by atoms with van der Waals surface area (Å²) in [7, 11) is 0. The number of hydrogen-bond donors (Lipinski definition) is 1. The summed E-state index contributed by atoms with van der Waals surface area (Å²) in [5, 5.41) is 10.9. The minimum Gasteiger partial charge on any atom is -0.480 e. The van der Waals surface area contributed by atoms with Gasteiger partial charge in [-0.15, -0.1) is 23.7 Å². The molecule has 1 saturated heterocycles. The molecule has 1 saturated carbocycles. The van der Waals surface area contributed by atoms with Crippen LogP contribution in [0, 0.1) is 13.8 Å². The fourth-order valence-electron chi connectivity index (χ4n) is 5.00. The van der Waals surface area contributed by atoms with E-state index in [9.17, 15) is 4.79 Å². The number of rotatable bonds is 8. The van der Waals surface area contributed by atoms with Crippen LogP contribution in [0.25, 0.3) is 0 Å². The molecule has 1 aromatic carbocycles. The van der Waals surface area contributed by atoms with Crippen LogP contribution in [0.1, 0.15) is 52.7 Å². The average molecular weight is 530 g/mol. The lowest BCUT2D eigenvalue weighted by Crippen LogP contribution is -2.56. The lowest BCUT2D eigenvalue weighted by atomic mass is 9.84. The number of aromatic nitrogens is 1. The highest BCUT2D eigenvalue weighted by Crippen LogP contribution is 2.38. The molecular weight excluding hydrogens is 495 g/mol. The first kappa shape index (κ1) is 27.4. The Kier molecular flexibility index (Phi) is 10.2. The van der Waals surface area contributed by atoms with Crippen LogP contribution in [0.2, 0.25) is 5.02 Å². The molecule has 1 aromatic heterocycles. The maximum atomic E-state index is 10.8. The Labute approximate surface area is 217 Å². The van der Waals surface area contributed by atoms with Gasteiger partial charge in [-0.05, 0) is 63.6 Å². The standard InChI is InChI=1S/C25H33ClN2O4S.ClH/c1-16-17(2)33-25(27-16)19-5-9-21(10-6-19)28-12-23(14-31-15-24(29)30)32-13-22(28)11-18-3-7-20(26)8-4-18;/h3-4,7-8,19,21-23H,5-6,9-15H2,1-2H3,(H,29,30);1H/t19?,21?,22-,23+;/m0./s1. The van der Waals surface area contributed by atoms with Gasteiger partial charge in [0.1, 0.15) is 6.61 Å². The first-order valence-corrected chi connectivity index (χ1v) is 12.9. The highest BCUT2D eigenvalue weighted by molar-refractivity contribution is 7.11. The third-order valence-corrected chi connectivity index (χ3v) is 8.37. The molecular formula is C25H34Cl2N2O4S. The van der Waals surface area contributed by atoms with Crippen LogP contribution in [-0.4, -0.2) is 65.5 Å². The van der Waals surface area contributed by atoms with Crippen molar-refractivity contribution in [3.63, 3.8) is 0 Å². The van der Waals surface area contributed by atoms with Crippen molar-refractivity contribution in [2.75, 3.05) is 26.4 Å². The van der Waals surface area contributed by atoms with E-state index in [0.29, 0.717) is 25.2 Å². The van der Waals surface area contributed by atoms with Crippen LogP contribution in [-0.2, 0) is 20.7 Å². The van der Waals surface area contributed by atoms with Crippen molar-refractivity contribution >= 4 is 41.3 Å². The molecule has 1 aliphatic heterocycles. The Bertz CT molecular complexity index is 912. The SMILES string of the molecule is Cc1nc(C2CCC(N3C[C@H](COCC(=O)O)OC[C@@H]3Cc3ccc(Cl)cc3)CC2)sc1C.Cl. The Morgan fingerprint density at radius 2 is 1.94 bits per heavy atom. The molecule has 2 aliphatic rings. The number of morpholine rings is 1. The molecule has 9 heteroatoms. The Morgan fingerprint density at radius 1 is 1.24 bits per heavy atom. The molecule has 0 amide bonds. The summed E-state index contributed by atoms with van der Waals surface area (Å²) in [6, 6.07) is 8.84. The number of halogens is 2. The maximum absolute atomic E-state index is 10.8. The quantitative estimate of drug-likeness (QED) is 0.502. The van der Waals surface area contributed by atoms with Crippen LogP contribution >= 0.6 is 35.3 Å². The Balaban J connectivity index is 0.00000324. The second kappa shape index (κ2) is 12.7. The summed E-state index contributed by atoms with van der Waals surface area (Å²) in [4.78, 5) is 19.6. The monoisotopic (exact) mass is 528 g/mol. The highest BCUT2D eigenvalue weighted by atomic mass is 35.5. The Hall–Kier alpha value is -1.22. The van der Waals surface area contributed by atoms with Gasteiger partial charge < -0.3 is 14.6 Å². The first-order valence-electron chi connectivity index (χ1n) is 11.7. The van der Waals surface area contributed by atoms with Crippen molar-refractivity contribution in [2.45, 2.75) is 70.1 Å². The van der Waals surface area contributed by atoms with E-state index < -0.39 is 5.97 Å². The molecule has 2 atom stereocenters. The number of ether oxygens (including phenoxy) is 2. The molecule has 0 radical (unpaired) electrons. The van der Waals surface area contributed by atoms with Gasteiger partial charge in [0, 0.05) is 34.4 Å². The summed E-state index contributed by atoms with van der Waals surface area (Å²) in [5.41, 5.74) is 2.42. The number of carbonyl (C=O) groups is 1. The smallest absolute Gasteiger partial charge is 0.329 e. The van der Waals surface area contributed by atoms with Gasteiger partial charge in [0.05, 0.1) is 30.0 Å². The van der Waals surface area contributed by atoms with Crippen molar-refractivity contribution in [3.05, 3.63) is 50.4 Å². The average Bonchev–Trinajstić information content (AvgIpc) is 3.14. The zero-order valence-corrected chi connectivity index (χ0v) is 22.1. The van der Waals surface area contributed by atoms with Crippen LogP contribution < -0.4 is 0 Å². The number of benzene rings is 1. The summed E-state index contributed by atoms with van der Waals surface area (Å²) in [6.45, 7) is 5.67. The molecule has 0 unspecified atom stereocenters. The molecule has 0 bridgehead atoms. The number of nitrogens with zero attached hydrogens (tertiary/aromatic N) is 2. The fourth-order valence-corrected chi connectivity index (χ4v) is 6.22. The highest BCUT2D eigenvalue weighted by Gasteiger charge is 2.36. The van der Waals surface area contributed by atoms with E-state index in [-0.39, 0.29) is 31.2 Å². The number of aryl methyl sites for hydroxylation is 2. The van der Waals surface area contributed by atoms with Crippen molar-refractivity contribution in [1.82, 2.24) is 9.88 Å². The molecule has 1 N–H and O–H groups in total. The molecule has 34 heavy (non-hydrogen) atoms.